The highest BCUT2D eigenvalue weighted by Crippen LogP contribution is 2.22. The second kappa shape index (κ2) is 4.53. The first-order chi connectivity index (χ1) is 8.33. The van der Waals surface area contributed by atoms with Gasteiger partial charge in [-0.2, -0.15) is 0 Å². The van der Waals surface area contributed by atoms with E-state index in [1.165, 1.54) is 54.4 Å². The van der Waals surface area contributed by atoms with Crippen LogP contribution in [-0.2, 0) is 6.54 Å². The lowest BCUT2D eigenvalue weighted by atomic mass is 10.1. The molecule has 1 aliphatic heterocycles. The van der Waals surface area contributed by atoms with Gasteiger partial charge in [0.25, 0.3) is 0 Å². The maximum atomic E-state index is 3.39. The number of aromatic nitrogens is 1. The summed E-state index contributed by atoms with van der Waals surface area (Å²) in [5.41, 5.74) is 4.04. The molecule has 0 aliphatic carbocycles. The van der Waals surface area contributed by atoms with E-state index in [2.05, 4.69) is 41.2 Å². The summed E-state index contributed by atoms with van der Waals surface area (Å²) in [6.07, 6.45) is 6.31. The van der Waals surface area contributed by atoms with Crippen LogP contribution in [0.5, 0.6) is 0 Å². The summed E-state index contributed by atoms with van der Waals surface area (Å²) >= 11 is 0. The third-order valence-corrected chi connectivity index (χ3v) is 3.77. The molecule has 3 rings (SSSR count). The van der Waals surface area contributed by atoms with Crippen LogP contribution in [0.3, 0.4) is 0 Å². The van der Waals surface area contributed by atoms with E-state index in [0.717, 1.165) is 6.54 Å². The molecule has 0 saturated carbocycles. The van der Waals surface area contributed by atoms with Gasteiger partial charge in [-0.15, -0.1) is 0 Å². The van der Waals surface area contributed by atoms with Gasteiger partial charge in [-0.3, -0.25) is 4.90 Å². The second-order valence-electron chi connectivity index (χ2n) is 5.20. The molecule has 1 aromatic carbocycles. The van der Waals surface area contributed by atoms with Gasteiger partial charge in [0, 0.05) is 23.6 Å². The second-order valence-corrected chi connectivity index (χ2v) is 5.20. The van der Waals surface area contributed by atoms with Gasteiger partial charge in [0.15, 0.2) is 0 Å². The van der Waals surface area contributed by atoms with Gasteiger partial charge in [0.2, 0.25) is 0 Å². The first-order valence-corrected chi connectivity index (χ1v) is 6.62. The molecule has 0 amide bonds. The van der Waals surface area contributed by atoms with E-state index in [9.17, 15) is 0 Å². The Morgan fingerprint density at radius 2 is 2.00 bits per heavy atom. The van der Waals surface area contributed by atoms with Crippen molar-refractivity contribution in [2.75, 3.05) is 13.1 Å². The first-order valence-electron chi connectivity index (χ1n) is 6.62. The summed E-state index contributed by atoms with van der Waals surface area (Å²) in [6.45, 7) is 5.77. The predicted octanol–water partition coefficient (Wildman–Crippen LogP) is 3.46. The maximum absolute atomic E-state index is 3.39. The van der Waals surface area contributed by atoms with Crippen LogP contribution in [0.2, 0.25) is 0 Å². The van der Waals surface area contributed by atoms with Crippen molar-refractivity contribution >= 4 is 10.9 Å². The van der Waals surface area contributed by atoms with E-state index in [0.29, 0.717) is 0 Å². The highest BCUT2D eigenvalue weighted by atomic mass is 15.1. The van der Waals surface area contributed by atoms with Crippen molar-refractivity contribution in [3.05, 3.63) is 35.5 Å². The van der Waals surface area contributed by atoms with Crippen LogP contribution in [0.15, 0.2) is 24.4 Å². The number of rotatable bonds is 2. The fraction of sp³-hybridized carbons (Fsp3) is 0.467. The Morgan fingerprint density at radius 1 is 1.18 bits per heavy atom. The van der Waals surface area contributed by atoms with Gasteiger partial charge in [-0.05, 0) is 50.0 Å². The summed E-state index contributed by atoms with van der Waals surface area (Å²) in [5.74, 6) is 0. The van der Waals surface area contributed by atoms with Crippen LogP contribution >= 0.6 is 0 Å². The number of hydrogen-bond donors (Lipinski definition) is 1. The van der Waals surface area contributed by atoms with E-state index in [4.69, 9.17) is 0 Å². The number of piperidine rings is 1. The summed E-state index contributed by atoms with van der Waals surface area (Å²) in [5, 5.41) is 1.39. The number of fused-ring (bicyclic) bond motifs is 1. The zero-order valence-electron chi connectivity index (χ0n) is 10.5. The number of aryl methyl sites for hydroxylation is 1. The quantitative estimate of drug-likeness (QED) is 0.834. The van der Waals surface area contributed by atoms with E-state index in [-0.39, 0.29) is 0 Å². The Labute approximate surface area is 103 Å². The largest absolute Gasteiger partial charge is 0.361 e. The van der Waals surface area contributed by atoms with Crippen molar-refractivity contribution in [2.24, 2.45) is 0 Å². The van der Waals surface area contributed by atoms with Crippen molar-refractivity contribution < 1.29 is 0 Å². The third kappa shape index (κ3) is 2.22. The van der Waals surface area contributed by atoms with E-state index in [1.807, 2.05) is 0 Å². The van der Waals surface area contributed by atoms with E-state index >= 15 is 0 Å². The molecular formula is C15H20N2. The minimum absolute atomic E-state index is 1.10. The maximum Gasteiger partial charge on any atom is 0.0459 e. The van der Waals surface area contributed by atoms with Gasteiger partial charge in [-0.25, -0.2) is 0 Å². The van der Waals surface area contributed by atoms with Gasteiger partial charge in [-0.1, -0.05) is 18.6 Å². The molecule has 17 heavy (non-hydrogen) atoms. The molecule has 2 nitrogen and oxygen atoms in total. The lowest BCUT2D eigenvalue weighted by Gasteiger charge is -2.26. The molecule has 0 radical (unpaired) electrons. The van der Waals surface area contributed by atoms with Gasteiger partial charge >= 0.3 is 0 Å². The van der Waals surface area contributed by atoms with Gasteiger partial charge < -0.3 is 4.98 Å². The van der Waals surface area contributed by atoms with Crippen molar-refractivity contribution in [3.63, 3.8) is 0 Å². The fourth-order valence-corrected chi connectivity index (χ4v) is 2.79. The molecule has 0 unspecified atom stereocenters. The number of benzene rings is 1. The lowest BCUT2D eigenvalue weighted by Crippen LogP contribution is -2.28. The Morgan fingerprint density at radius 3 is 2.82 bits per heavy atom. The lowest BCUT2D eigenvalue weighted by molar-refractivity contribution is 0.221. The Balaban J connectivity index is 1.84. The molecular weight excluding hydrogens is 208 g/mol. The fourth-order valence-electron chi connectivity index (χ4n) is 2.79. The SMILES string of the molecule is Cc1ccc2c(CN3CCCCC3)c[nH]c2c1. The summed E-state index contributed by atoms with van der Waals surface area (Å²) in [4.78, 5) is 5.97. The molecule has 2 aromatic rings. The number of aromatic amines is 1. The minimum Gasteiger partial charge on any atom is -0.361 e. The molecule has 0 bridgehead atoms. The molecule has 1 aromatic heterocycles. The van der Waals surface area contributed by atoms with Crippen molar-refractivity contribution in [3.8, 4) is 0 Å². The van der Waals surface area contributed by atoms with Crippen LogP contribution in [0, 0.1) is 6.92 Å². The summed E-state index contributed by atoms with van der Waals surface area (Å²) in [7, 11) is 0. The smallest absolute Gasteiger partial charge is 0.0459 e. The number of nitrogens with one attached hydrogen (secondary N) is 1. The minimum atomic E-state index is 1.10. The van der Waals surface area contributed by atoms with Gasteiger partial charge in [0.1, 0.15) is 0 Å². The molecule has 2 heterocycles. The topological polar surface area (TPSA) is 19.0 Å². The van der Waals surface area contributed by atoms with Crippen LogP contribution in [0.1, 0.15) is 30.4 Å². The monoisotopic (exact) mass is 228 g/mol. The Kier molecular flexibility index (Phi) is 2.89. The standard InChI is InChI=1S/C15H20N2/c1-12-5-6-14-13(10-16-15(14)9-12)11-17-7-3-2-4-8-17/h5-6,9-10,16H,2-4,7-8,11H2,1H3. The molecule has 1 aliphatic rings. The number of H-pyrrole nitrogens is 1. The first kappa shape index (κ1) is 10.8. The van der Waals surface area contributed by atoms with E-state index in [1.54, 1.807) is 0 Å². The molecule has 0 spiro atoms. The number of likely N-dealkylation sites (tertiary alicyclic amines) is 1. The molecule has 1 saturated heterocycles. The summed E-state index contributed by atoms with van der Waals surface area (Å²) < 4.78 is 0. The molecule has 90 valence electrons. The normalized spacial score (nSPS) is 17.7. The van der Waals surface area contributed by atoms with Crippen LogP contribution in [-0.4, -0.2) is 23.0 Å². The zero-order valence-corrected chi connectivity index (χ0v) is 10.5. The number of nitrogens with zero attached hydrogens (tertiary/aromatic N) is 1. The van der Waals surface area contributed by atoms with Crippen LogP contribution < -0.4 is 0 Å². The van der Waals surface area contributed by atoms with Crippen LogP contribution in [0.25, 0.3) is 10.9 Å². The zero-order chi connectivity index (χ0) is 11.7. The molecule has 0 atom stereocenters. The predicted molar refractivity (Wildman–Crippen MR) is 72.2 cm³/mol. The molecule has 1 fully saturated rings. The summed E-state index contributed by atoms with van der Waals surface area (Å²) in [6, 6.07) is 6.69. The average molecular weight is 228 g/mol. The van der Waals surface area contributed by atoms with Crippen LogP contribution in [0.4, 0.5) is 0 Å². The van der Waals surface area contributed by atoms with E-state index < -0.39 is 0 Å². The molecule has 2 heteroatoms. The number of hydrogen-bond acceptors (Lipinski definition) is 1. The highest BCUT2D eigenvalue weighted by Gasteiger charge is 2.12. The van der Waals surface area contributed by atoms with Crippen molar-refractivity contribution in [1.29, 1.82) is 0 Å². The molecule has 1 N–H and O–H groups in total. The van der Waals surface area contributed by atoms with Crippen molar-refractivity contribution in [2.45, 2.75) is 32.7 Å². The average Bonchev–Trinajstić information content (AvgIpc) is 2.73. The highest BCUT2D eigenvalue weighted by molar-refractivity contribution is 5.83. The Bertz CT molecular complexity index is 507. The van der Waals surface area contributed by atoms with Crippen molar-refractivity contribution in [1.82, 2.24) is 9.88 Å². The Hall–Kier alpha value is -1.28. The van der Waals surface area contributed by atoms with Gasteiger partial charge in [0.05, 0.1) is 0 Å². The third-order valence-electron chi connectivity index (χ3n) is 3.77.